The number of ether oxygens (including phenoxy) is 1. The average molecular weight is 297 g/mol. The lowest BCUT2D eigenvalue weighted by Crippen LogP contribution is -2.21. The van der Waals surface area contributed by atoms with E-state index in [1.54, 1.807) is 12.1 Å². The monoisotopic (exact) mass is 297 g/mol. The molecule has 8 nitrogen and oxygen atoms in total. The second-order valence-corrected chi connectivity index (χ2v) is 5.69. The summed E-state index contributed by atoms with van der Waals surface area (Å²) in [5.41, 5.74) is 0.211. The van der Waals surface area contributed by atoms with Crippen molar-refractivity contribution in [1.82, 2.24) is 4.98 Å². The Hall–Kier alpha value is -2.26. The fourth-order valence-corrected chi connectivity index (χ4v) is 1.99. The fourth-order valence-electron chi connectivity index (χ4n) is 1.68. The van der Waals surface area contributed by atoms with Gasteiger partial charge in [0.15, 0.2) is 0 Å². The van der Waals surface area contributed by atoms with Crippen LogP contribution in [0.3, 0.4) is 0 Å². The van der Waals surface area contributed by atoms with Crippen LogP contribution in [0.2, 0.25) is 0 Å². The van der Waals surface area contributed by atoms with E-state index in [0.29, 0.717) is 10.9 Å². The Balaban J connectivity index is 2.36. The number of benzene rings is 1. The van der Waals surface area contributed by atoms with Gasteiger partial charge in [0.2, 0.25) is 10.0 Å². The molecule has 0 saturated carbocycles. The number of primary sulfonamides is 1. The predicted molar refractivity (Wildman–Crippen MR) is 71.9 cm³/mol. The van der Waals surface area contributed by atoms with Gasteiger partial charge in [0.05, 0.1) is 16.1 Å². The van der Waals surface area contributed by atoms with Crippen LogP contribution in [0.1, 0.15) is 0 Å². The molecular formula is C11H11N3O5S. The van der Waals surface area contributed by atoms with Gasteiger partial charge in [0.1, 0.15) is 17.9 Å². The quantitative estimate of drug-likeness (QED) is 0.643. The third-order valence-electron chi connectivity index (χ3n) is 2.53. The number of aromatic nitrogens is 1. The van der Waals surface area contributed by atoms with Crippen LogP contribution in [0, 0.1) is 10.1 Å². The highest BCUT2D eigenvalue weighted by molar-refractivity contribution is 7.89. The first kappa shape index (κ1) is 14.2. The molecule has 0 atom stereocenters. The van der Waals surface area contributed by atoms with Gasteiger partial charge in [-0.15, -0.1) is 0 Å². The highest BCUT2D eigenvalue weighted by Crippen LogP contribution is 2.31. The Labute approximate surface area is 114 Å². The molecule has 1 heterocycles. The van der Waals surface area contributed by atoms with Gasteiger partial charge in [0, 0.05) is 12.3 Å². The van der Waals surface area contributed by atoms with Crippen LogP contribution in [0.25, 0.3) is 10.9 Å². The van der Waals surface area contributed by atoms with E-state index in [9.17, 15) is 18.5 Å². The van der Waals surface area contributed by atoms with Crippen LogP contribution in [0.15, 0.2) is 30.5 Å². The molecular weight excluding hydrogens is 286 g/mol. The number of fused-ring (bicyclic) bond motifs is 1. The molecule has 0 aliphatic carbocycles. The van der Waals surface area contributed by atoms with E-state index in [-0.39, 0.29) is 23.8 Å². The molecule has 2 rings (SSSR count). The minimum Gasteiger partial charge on any atom is -0.490 e. The van der Waals surface area contributed by atoms with Crippen molar-refractivity contribution in [3.63, 3.8) is 0 Å². The minimum absolute atomic E-state index is 0.0908. The molecule has 106 valence electrons. The van der Waals surface area contributed by atoms with Crippen molar-refractivity contribution in [2.45, 2.75) is 0 Å². The van der Waals surface area contributed by atoms with Crippen LogP contribution in [0.4, 0.5) is 5.69 Å². The van der Waals surface area contributed by atoms with E-state index in [4.69, 9.17) is 9.88 Å². The van der Waals surface area contributed by atoms with E-state index in [2.05, 4.69) is 4.98 Å². The van der Waals surface area contributed by atoms with E-state index in [0.717, 1.165) is 0 Å². The smallest absolute Gasteiger partial charge is 0.279 e. The Bertz CT molecular complexity index is 760. The molecule has 0 fully saturated rings. The zero-order valence-corrected chi connectivity index (χ0v) is 11.0. The summed E-state index contributed by atoms with van der Waals surface area (Å²) in [5.74, 6) is -0.0759. The van der Waals surface area contributed by atoms with Crippen LogP contribution < -0.4 is 9.88 Å². The number of nitrogens with two attached hydrogens (primary N) is 1. The number of hydrogen-bond donors (Lipinski definition) is 1. The van der Waals surface area contributed by atoms with Crippen molar-refractivity contribution in [2.24, 2.45) is 5.14 Å². The number of nitro benzene ring substituents is 1. The van der Waals surface area contributed by atoms with Gasteiger partial charge in [-0.2, -0.15) is 0 Å². The van der Waals surface area contributed by atoms with Crippen molar-refractivity contribution >= 4 is 26.6 Å². The van der Waals surface area contributed by atoms with Gasteiger partial charge in [-0.3, -0.25) is 15.1 Å². The molecule has 0 radical (unpaired) electrons. The summed E-state index contributed by atoms with van der Waals surface area (Å²) in [4.78, 5) is 14.4. The maximum atomic E-state index is 10.9. The van der Waals surface area contributed by atoms with Gasteiger partial charge >= 0.3 is 0 Å². The van der Waals surface area contributed by atoms with Crippen molar-refractivity contribution in [2.75, 3.05) is 12.4 Å². The lowest BCUT2D eigenvalue weighted by atomic mass is 10.1. The number of nitrogens with zero attached hydrogens (tertiary/aromatic N) is 2. The summed E-state index contributed by atoms with van der Waals surface area (Å²) in [6.45, 7) is -0.150. The van der Waals surface area contributed by atoms with Crippen molar-refractivity contribution in [1.29, 1.82) is 0 Å². The van der Waals surface area contributed by atoms with E-state index in [1.165, 1.54) is 18.3 Å². The molecule has 2 aromatic rings. The summed E-state index contributed by atoms with van der Waals surface area (Å²) in [7, 11) is -3.62. The summed E-state index contributed by atoms with van der Waals surface area (Å²) < 4.78 is 26.9. The number of nitro groups is 1. The molecule has 0 unspecified atom stereocenters. The van der Waals surface area contributed by atoms with Crippen LogP contribution >= 0.6 is 0 Å². The number of pyridine rings is 1. The Morgan fingerprint density at radius 3 is 2.75 bits per heavy atom. The molecule has 0 bridgehead atoms. The topological polar surface area (TPSA) is 125 Å². The summed E-state index contributed by atoms with van der Waals surface area (Å²) in [6.07, 6.45) is 1.47. The van der Waals surface area contributed by atoms with Crippen LogP contribution in [-0.2, 0) is 10.0 Å². The molecule has 0 aliphatic heterocycles. The maximum absolute atomic E-state index is 10.9. The Morgan fingerprint density at radius 1 is 1.35 bits per heavy atom. The van der Waals surface area contributed by atoms with Crippen molar-refractivity contribution in [3.8, 4) is 5.75 Å². The number of hydrogen-bond acceptors (Lipinski definition) is 6. The number of sulfonamides is 1. The molecule has 1 aromatic heterocycles. The second-order valence-electron chi connectivity index (χ2n) is 3.95. The van der Waals surface area contributed by atoms with Gasteiger partial charge in [-0.1, -0.05) is 0 Å². The zero-order valence-electron chi connectivity index (χ0n) is 10.2. The van der Waals surface area contributed by atoms with E-state index < -0.39 is 14.9 Å². The highest BCUT2D eigenvalue weighted by atomic mass is 32.2. The third kappa shape index (κ3) is 3.19. The normalized spacial score (nSPS) is 11.4. The molecule has 0 spiro atoms. The molecule has 0 aliphatic rings. The second kappa shape index (κ2) is 5.39. The van der Waals surface area contributed by atoms with Gasteiger partial charge in [0.25, 0.3) is 5.69 Å². The SMILES string of the molecule is NS(=O)(=O)CCOc1ccc([N+](=O)[O-])c2cccnc12. The Morgan fingerprint density at radius 2 is 2.10 bits per heavy atom. The summed E-state index contributed by atoms with van der Waals surface area (Å²) in [5, 5.41) is 16.1. The maximum Gasteiger partial charge on any atom is 0.279 e. The van der Waals surface area contributed by atoms with Gasteiger partial charge in [-0.05, 0) is 18.2 Å². The fraction of sp³-hybridized carbons (Fsp3) is 0.182. The molecule has 9 heteroatoms. The third-order valence-corrected chi connectivity index (χ3v) is 3.27. The zero-order chi connectivity index (χ0) is 14.8. The Kier molecular flexibility index (Phi) is 3.81. The standard InChI is InChI=1S/C11H11N3O5S/c12-20(17,18)7-6-19-10-4-3-9(14(15)16)8-2-1-5-13-11(8)10/h1-5H,6-7H2,(H2,12,17,18). The molecule has 2 N–H and O–H groups in total. The largest absolute Gasteiger partial charge is 0.490 e. The molecule has 0 amide bonds. The number of non-ortho nitro benzene ring substituents is 1. The first-order chi connectivity index (χ1) is 9.38. The van der Waals surface area contributed by atoms with Gasteiger partial charge in [-0.25, -0.2) is 13.6 Å². The van der Waals surface area contributed by atoms with Crippen molar-refractivity contribution < 1.29 is 18.1 Å². The summed E-state index contributed by atoms with van der Waals surface area (Å²) >= 11 is 0. The lowest BCUT2D eigenvalue weighted by molar-refractivity contribution is -0.383. The first-order valence-electron chi connectivity index (χ1n) is 5.54. The minimum atomic E-state index is -3.62. The first-order valence-corrected chi connectivity index (χ1v) is 7.25. The van der Waals surface area contributed by atoms with Crippen LogP contribution in [-0.4, -0.2) is 30.7 Å². The molecule has 20 heavy (non-hydrogen) atoms. The number of rotatable bonds is 5. The predicted octanol–water partition coefficient (Wildman–Crippen LogP) is 0.810. The summed E-state index contributed by atoms with van der Waals surface area (Å²) in [6, 6.07) is 5.79. The van der Waals surface area contributed by atoms with E-state index in [1.807, 2.05) is 0 Å². The van der Waals surface area contributed by atoms with Crippen LogP contribution in [0.5, 0.6) is 5.75 Å². The van der Waals surface area contributed by atoms with Gasteiger partial charge < -0.3 is 4.74 Å². The highest BCUT2D eigenvalue weighted by Gasteiger charge is 2.16. The molecule has 0 saturated heterocycles. The lowest BCUT2D eigenvalue weighted by Gasteiger charge is -2.08. The average Bonchev–Trinajstić information content (AvgIpc) is 2.37. The molecule has 1 aromatic carbocycles. The van der Waals surface area contributed by atoms with E-state index >= 15 is 0 Å². The van der Waals surface area contributed by atoms with Crippen molar-refractivity contribution in [3.05, 3.63) is 40.6 Å².